The Morgan fingerprint density at radius 2 is 1.82 bits per heavy atom. The van der Waals surface area contributed by atoms with Crippen LogP contribution in [-0.2, 0) is 0 Å². The lowest BCUT2D eigenvalue weighted by Gasteiger charge is -2.17. The van der Waals surface area contributed by atoms with Gasteiger partial charge >= 0.3 is 12.5 Å². The van der Waals surface area contributed by atoms with Gasteiger partial charge < -0.3 is 15.5 Å². The predicted molar refractivity (Wildman–Crippen MR) is 94.4 cm³/mol. The van der Waals surface area contributed by atoms with Gasteiger partial charge in [-0.2, -0.15) is 17.6 Å². The van der Waals surface area contributed by atoms with Crippen LogP contribution < -0.4 is 21.3 Å². The Balaban J connectivity index is 1.80. The second kappa shape index (κ2) is 8.05. The number of hydrazine groups is 1. The van der Waals surface area contributed by atoms with Gasteiger partial charge in [0.15, 0.2) is 0 Å². The molecule has 3 rings (SSSR count). The first-order valence-corrected chi connectivity index (χ1v) is 7.85. The van der Waals surface area contributed by atoms with E-state index in [0.29, 0.717) is 17.1 Å². The summed E-state index contributed by atoms with van der Waals surface area (Å²) < 4.78 is 54.7. The molecule has 7 nitrogen and oxygen atoms in total. The fraction of sp³-hybridized carbons (Fsp3) is 0.118. The van der Waals surface area contributed by atoms with Crippen molar-refractivity contribution in [3.63, 3.8) is 0 Å². The summed E-state index contributed by atoms with van der Waals surface area (Å²) in [4.78, 5) is 12.4. The van der Waals surface area contributed by atoms with Crippen LogP contribution in [0.2, 0.25) is 0 Å². The highest BCUT2D eigenvalue weighted by atomic mass is 19.3. The van der Waals surface area contributed by atoms with Crippen molar-refractivity contribution in [1.82, 2.24) is 15.0 Å². The molecule has 3 aromatic rings. The summed E-state index contributed by atoms with van der Waals surface area (Å²) >= 11 is 0. The molecule has 0 fully saturated rings. The normalized spacial score (nSPS) is 11.4. The molecule has 0 aliphatic carbocycles. The fourth-order valence-corrected chi connectivity index (χ4v) is 2.22. The zero-order valence-corrected chi connectivity index (χ0v) is 14.1. The van der Waals surface area contributed by atoms with E-state index >= 15 is 0 Å². The molecule has 2 heterocycles. The lowest BCUT2D eigenvalue weighted by atomic mass is 10.2. The van der Waals surface area contributed by atoms with Gasteiger partial charge in [-0.25, -0.2) is 20.8 Å². The maximum absolute atomic E-state index is 13.1. The number of alkyl halides is 4. The second-order valence-electron chi connectivity index (χ2n) is 5.46. The number of anilines is 3. The minimum atomic E-state index is -4.59. The molecule has 0 amide bonds. The zero-order valence-electron chi connectivity index (χ0n) is 14.1. The third kappa shape index (κ3) is 4.62. The number of nitrogens with zero attached hydrogens (tertiary/aromatic N) is 3. The quantitative estimate of drug-likeness (QED) is 0.318. The molecule has 0 spiro atoms. The van der Waals surface area contributed by atoms with Crippen LogP contribution >= 0.6 is 0 Å². The summed E-state index contributed by atoms with van der Waals surface area (Å²) in [5, 5.41) is 2.81. The van der Waals surface area contributed by atoms with Gasteiger partial charge in [-0.05, 0) is 30.3 Å². The highest BCUT2D eigenvalue weighted by Crippen LogP contribution is 2.29. The molecular weight excluding hydrogens is 380 g/mol. The Kier molecular flexibility index (Phi) is 5.54. The number of nitrogens with two attached hydrogens (primary N) is 1. The molecule has 28 heavy (non-hydrogen) atoms. The number of rotatable bonds is 7. The van der Waals surface area contributed by atoms with Crippen molar-refractivity contribution in [1.29, 1.82) is 0 Å². The number of nitrogens with one attached hydrogen (secondary N) is 2. The van der Waals surface area contributed by atoms with Crippen molar-refractivity contribution in [2.24, 2.45) is 5.84 Å². The van der Waals surface area contributed by atoms with E-state index in [-0.39, 0.29) is 11.6 Å². The van der Waals surface area contributed by atoms with E-state index < -0.39 is 18.3 Å². The number of pyridine rings is 1. The van der Waals surface area contributed by atoms with Gasteiger partial charge in [-0.1, -0.05) is 6.07 Å². The van der Waals surface area contributed by atoms with E-state index in [9.17, 15) is 17.6 Å². The molecule has 0 saturated carbocycles. The Morgan fingerprint density at radius 1 is 1.04 bits per heavy atom. The molecule has 0 atom stereocenters. The van der Waals surface area contributed by atoms with Crippen LogP contribution in [0.25, 0.3) is 11.3 Å². The van der Waals surface area contributed by atoms with Gasteiger partial charge in [-0.15, -0.1) is 0 Å². The van der Waals surface area contributed by atoms with Crippen LogP contribution in [0.4, 0.5) is 35.0 Å². The Bertz CT molecular complexity index is 956. The third-order valence-corrected chi connectivity index (χ3v) is 3.46. The van der Waals surface area contributed by atoms with Crippen molar-refractivity contribution in [2.75, 3.05) is 10.7 Å². The van der Waals surface area contributed by atoms with Crippen LogP contribution in [0.5, 0.6) is 5.75 Å². The third-order valence-electron chi connectivity index (χ3n) is 3.46. The van der Waals surface area contributed by atoms with E-state index in [1.165, 1.54) is 18.3 Å². The summed E-state index contributed by atoms with van der Waals surface area (Å²) in [5.74, 6) is 5.51. The summed E-state index contributed by atoms with van der Waals surface area (Å²) in [7, 11) is 0. The molecule has 0 bridgehead atoms. The van der Waals surface area contributed by atoms with Gasteiger partial charge in [0, 0.05) is 29.7 Å². The molecule has 0 radical (unpaired) electrons. The van der Waals surface area contributed by atoms with Gasteiger partial charge in [0.1, 0.15) is 11.6 Å². The van der Waals surface area contributed by atoms with Gasteiger partial charge in [0.25, 0.3) is 0 Å². The number of ether oxygens (including phenoxy) is 1. The molecule has 11 heteroatoms. The standard InChI is InChI=1S/C17H14F4N6O/c18-15(19)17(20,21)28-12-3-1-2-11(9-12)25-16-24-7-5-13(26-16)10-4-6-23-14(8-10)27-22/h1-9,15H,22H2,(H,23,27)(H,24,25,26). The molecule has 4 N–H and O–H groups in total. The monoisotopic (exact) mass is 394 g/mol. The van der Waals surface area contributed by atoms with Crippen LogP contribution in [-0.4, -0.2) is 27.5 Å². The SMILES string of the molecule is NNc1cc(-c2ccnc(Nc3cccc(OC(F)(F)C(F)F)c3)n2)ccn1. The predicted octanol–water partition coefficient (Wildman–Crippen LogP) is 3.80. The first-order chi connectivity index (χ1) is 13.4. The fourth-order valence-electron chi connectivity index (χ4n) is 2.22. The number of aromatic nitrogens is 3. The number of hydrogen-bond acceptors (Lipinski definition) is 7. The molecular formula is C17H14F4N6O. The molecule has 0 aliphatic heterocycles. The molecule has 2 aromatic heterocycles. The maximum Gasteiger partial charge on any atom is 0.461 e. The van der Waals surface area contributed by atoms with Crippen molar-refractivity contribution in [3.8, 4) is 17.0 Å². The van der Waals surface area contributed by atoms with E-state index in [1.54, 1.807) is 24.4 Å². The Morgan fingerprint density at radius 3 is 2.57 bits per heavy atom. The lowest BCUT2D eigenvalue weighted by Crippen LogP contribution is -2.33. The number of benzene rings is 1. The van der Waals surface area contributed by atoms with Crippen LogP contribution in [0.1, 0.15) is 0 Å². The van der Waals surface area contributed by atoms with E-state index in [2.05, 4.69) is 30.4 Å². The summed E-state index contributed by atoms with van der Waals surface area (Å²) in [6, 6.07) is 10.2. The molecule has 1 aromatic carbocycles. The molecule has 146 valence electrons. The first kappa shape index (κ1) is 19.3. The van der Waals surface area contributed by atoms with Crippen molar-refractivity contribution < 1.29 is 22.3 Å². The molecule has 0 saturated heterocycles. The van der Waals surface area contributed by atoms with Crippen LogP contribution in [0, 0.1) is 0 Å². The van der Waals surface area contributed by atoms with Crippen LogP contribution in [0.15, 0.2) is 54.9 Å². The largest absolute Gasteiger partial charge is 0.461 e. The topological polar surface area (TPSA) is 98.0 Å². The summed E-state index contributed by atoms with van der Waals surface area (Å²) in [6.45, 7) is 0. The number of nitrogen functional groups attached to an aromatic ring is 1. The zero-order chi connectivity index (χ0) is 20.1. The van der Waals surface area contributed by atoms with Gasteiger partial charge in [0.05, 0.1) is 5.69 Å². The highest BCUT2D eigenvalue weighted by molar-refractivity contribution is 5.64. The van der Waals surface area contributed by atoms with Crippen molar-refractivity contribution >= 4 is 17.5 Å². The molecule has 0 aliphatic rings. The van der Waals surface area contributed by atoms with E-state index in [0.717, 1.165) is 12.1 Å². The number of hydrogen-bond donors (Lipinski definition) is 3. The minimum absolute atomic E-state index is 0.161. The average Bonchev–Trinajstić information content (AvgIpc) is 2.68. The summed E-state index contributed by atoms with van der Waals surface area (Å²) in [6.07, 6.45) is -5.50. The minimum Gasteiger partial charge on any atom is -0.428 e. The Hall–Kier alpha value is -3.47. The van der Waals surface area contributed by atoms with Gasteiger partial charge in [-0.3, -0.25) is 0 Å². The number of halogens is 4. The van der Waals surface area contributed by atoms with Gasteiger partial charge in [0.2, 0.25) is 5.95 Å². The molecule has 0 unspecified atom stereocenters. The Labute approximate surface area is 156 Å². The van der Waals surface area contributed by atoms with Crippen LogP contribution in [0.3, 0.4) is 0 Å². The van der Waals surface area contributed by atoms with Crippen molar-refractivity contribution in [2.45, 2.75) is 12.5 Å². The van der Waals surface area contributed by atoms with E-state index in [1.807, 2.05) is 0 Å². The second-order valence-corrected chi connectivity index (χ2v) is 5.46. The lowest BCUT2D eigenvalue weighted by molar-refractivity contribution is -0.253. The highest BCUT2D eigenvalue weighted by Gasteiger charge is 2.43. The smallest absolute Gasteiger partial charge is 0.428 e. The summed E-state index contributed by atoms with van der Waals surface area (Å²) in [5.41, 5.74) is 3.96. The average molecular weight is 394 g/mol. The maximum atomic E-state index is 13.1. The van der Waals surface area contributed by atoms with Crippen molar-refractivity contribution in [3.05, 3.63) is 54.9 Å². The van der Waals surface area contributed by atoms with E-state index in [4.69, 9.17) is 5.84 Å². The first-order valence-electron chi connectivity index (χ1n) is 7.85.